The molecule has 0 radical (unpaired) electrons. The first-order valence-electron chi connectivity index (χ1n) is 7.76. The number of hydrogen-bond donors (Lipinski definition) is 2. The number of nitrogens with zero attached hydrogens (tertiary/aromatic N) is 2. The fourth-order valence-electron chi connectivity index (χ4n) is 2.19. The maximum absolute atomic E-state index is 12.5. The van der Waals surface area contributed by atoms with Crippen LogP contribution in [0.5, 0.6) is 11.8 Å². The lowest BCUT2D eigenvalue weighted by molar-refractivity contribution is 0.0968. The summed E-state index contributed by atoms with van der Waals surface area (Å²) in [7, 11) is -1.51. The fraction of sp³-hybridized carbons (Fsp3) is 0.333. The summed E-state index contributed by atoms with van der Waals surface area (Å²) in [4.78, 5) is 32.0. The van der Waals surface area contributed by atoms with Gasteiger partial charge in [-0.25, -0.2) is 17.9 Å². The number of nitrogens with one attached hydrogen (secondary N) is 2. The van der Waals surface area contributed by atoms with Gasteiger partial charge in [0, 0.05) is 5.92 Å². The number of ether oxygens (including phenoxy) is 2. The standard InChI is InChI=1S/C15H16N4O6S2/c1-24-10-7-11(25-2)17-14(16-10)18-15(21)19-27(22,23)9-5-6-26-13(9)12(20)8-3-4-8/h5-8H,3-4H2,1-2H3,(H2,16,17,18,19,21). The molecular weight excluding hydrogens is 396 g/mol. The fourth-order valence-corrected chi connectivity index (χ4v) is 4.56. The predicted molar refractivity (Wildman–Crippen MR) is 95.8 cm³/mol. The number of anilines is 1. The normalized spacial score (nSPS) is 13.7. The number of urea groups is 1. The van der Waals surface area contributed by atoms with E-state index >= 15 is 0 Å². The molecule has 1 fully saturated rings. The van der Waals surface area contributed by atoms with E-state index < -0.39 is 16.1 Å². The van der Waals surface area contributed by atoms with Gasteiger partial charge in [0.05, 0.1) is 25.2 Å². The van der Waals surface area contributed by atoms with E-state index in [9.17, 15) is 18.0 Å². The van der Waals surface area contributed by atoms with E-state index in [0.29, 0.717) is 0 Å². The molecule has 0 aromatic carbocycles. The van der Waals surface area contributed by atoms with Crippen LogP contribution in [0.15, 0.2) is 22.4 Å². The number of methoxy groups -OCH3 is 2. The van der Waals surface area contributed by atoms with Crippen molar-refractivity contribution < 1.29 is 27.5 Å². The van der Waals surface area contributed by atoms with Crippen LogP contribution < -0.4 is 19.5 Å². The van der Waals surface area contributed by atoms with Crippen molar-refractivity contribution in [3.05, 3.63) is 22.4 Å². The van der Waals surface area contributed by atoms with Crippen LogP contribution in [0.25, 0.3) is 0 Å². The van der Waals surface area contributed by atoms with E-state index in [0.717, 1.165) is 24.2 Å². The lowest BCUT2D eigenvalue weighted by Crippen LogP contribution is -2.35. The zero-order valence-corrected chi connectivity index (χ0v) is 16.0. The molecule has 0 atom stereocenters. The van der Waals surface area contributed by atoms with Crippen molar-refractivity contribution in [2.75, 3.05) is 19.5 Å². The van der Waals surface area contributed by atoms with Gasteiger partial charge in [-0.05, 0) is 24.3 Å². The highest BCUT2D eigenvalue weighted by Crippen LogP contribution is 2.36. The van der Waals surface area contributed by atoms with E-state index in [2.05, 4.69) is 15.3 Å². The zero-order chi connectivity index (χ0) is 19.6. The molecule has 27 heavy (non-hydrogen) atoms. The van der Waals surface area contributed by atoms with Gasteiger partial charge in [0.1, 0.15) is 4.90 Å². The molecule has 1 saturated carbocycles. The van der Waals surface area contributed by atoms with Gasteiger partial charge in [0.2, 0.25) is 17.7 Å². The van der Waals surface area contributed by atoms with Crippen molar-refractivity contribution in [1.29, 1.82) is 0 Å². The minimum absolute atomic E-state index is 0.121. The third-order valence-corrected chi connectivity index (χ3v) is 6.07. The SMILES string of the molecule is COc1cc(OC)nc(NC(=O)NS(=O)(=O)c2ccsc2C(=O)C2CC2)n1. The quantitative estimate of drug-likeness (QED) is 0.655. The molecule has 0 bridgehead atoms. The Morgan fingerprint density at radius 1 is 1.19 bits per heavy atom. The van der Waals surface area contributed by atoms with Crippen LogP contribution in [0.4, 0.5) is 10.7 Å². The Balaban J connectivity index is 1.76. The van der Waals surface area contributed by atoms with Crippen LogP contribution in [0.2, 0.25) is 0 Å². The molecule has 0 spiro atoms. The van der Waals surface area contributed by atoms with Gasteiger partial charge < -0.3 is 9.47 Å². The number of ketones is 1. The topological polar surface area (TPSA) is 137 Å². The lowest BCUT2D eigenvalue weighted by Gasteiger charge is -2.09. The summed E-state index contributed by atoms with van der Waals surface area (Å²) in [5, 5.41) is 3.70. The van der Waals surface area contributed by atoms with Crippen molar-refractivity contribution in [3.8, 4) is 11.8 Å². The van der Waals surface area contributed by atoms with Crippen molar-refractivity contribution in [1.82, 2.24) is 14.7 Å². The molecule has 2 heterocycles. The molecule has 10 nitrogen and oxygen atoms in total. The van der Waals surface area contributed by atoms with Gasteiger partial charge in [0.25, 0.3) is 10.0 Å². The summed E-state index contributed by atoms with van der Waals surface area (Å²) in [5.74, 6) is -0.320. The zero-order valence-electron chi connectivity index (χ0n) is 14.4. The highest BCUT2D eigenvalue weighted by atomic mass is 32.2. The number of carbonyl (C=O) groups excluding carboxylic acids is 2. The number of amides is 2. The molecule has 1 aliphatic rings. The second-order valence-corrected chi connectivity index (χ2v) is 8.16. The van der Waals surface area contributed by atoms with Gasteiger partial charge >= 0.3 is 6.03 Å². The smallest absolute Gasteiger partial charge is 0.335 e. The van der Waals surface area contributed by atoms with Gasteiger partial charge in [0.15, 0.2) is 5.78 Å². The number of hydrogen-bond acceptors (Lipinski definition) is 9. The molecule has 144 valence electrons. The van der Waals surface area contributed by atoms with Crippen LogP contribution in [0.1, 0.15) is 22.5 Å². The molecular formula is C15H16N4O6S2. The summed E-state index contributed by atoms with van der Waals surface area (Å²) >= 11 is 1.04. The minimum atomic E-state index is -4.24. The molecule has 0 unspecified atom stereocenters. The Bertz CT molecular complexity index is 962. The van der Waals surface area contributed by atoms with Crippen molar-refractivity contribution in [2.45, 2.75) is 17.7 Å². The van der Waals surface area contributed by atoms with Crippen molar-refractivity contribution >= 4 is 39.1 Å². The van der Waals surface area contributed by atoms with Gasteiger partial charge in [-0.2, -0.15) is 9.97 Å². The Hall–Kier alpha value is -2.73. The Morgan fingerprint density at radius 3 is 2.37 bits per heavy atom. The maximum Gasteiger partial charge on any atom is 0.335 e. The largest absolute Gasteiger partial charge is 0.481 e. The molecule has 2 aromatic rings. The van der Waals surface area contributed by atoms with Crippen LogP contribution >= 0.6 is 11.3 Å². The molecule has 0 aliphatic heterocycles. The lowest BCUT2D eigenvalue weighted by atomic mass is 10.2. The summed E-state index contributed by atoms with van der Waals surface area (Å²) < 4.78 is 36.8. The van der Waals surface area contributed by atoms with Crippen molar-refractivity contribution in [2.24, 2.45) is 5.92 Å². The van der Waals surface area contributed by atoms with Crippen LogP contribution in [0, 0.1) is 5.92 Å². The van der Waals surface area contributed by atoms with E-state index in [1.807, 2.05) is 4.72 Å². The monoisotopic (exact) mass is 412 g/mol. The summed E-state index contributed by atoms with van der Waals surface area (Å²) in [5.41, 5.74) is 0. The van der Waals surface area contributed by atoms with Gasteiger partial charge in [-0.15, -0.1) is 11.3 Å². The van der Waals surface area contributed by atoms with Crippen LogP contribution in [-0.4, -0.2) is 44.4 Å². The number of thiophene rings is 1. The molecule has 0 saturated heterocycles. The second kappa shape index (κ2) is 7.48. The summed E-state index contributed by atoms with van der Waals surface area (Å²) in [6.07, 6.45) is 1.50. The number of Topliss-reactive ketones (excluding diaryl/α,β-unsaturated/α-hetero) is 1. The third kappa shape index (κ3) is 4.34. The van der Waals surface area contributed by atoms with E-state index in [1.54, 1.807) is 0 Å². The highest BCUT2D eigenvalue weighted by Gasteiger charge is 2.35. The summed E-state index contributed by atoms with van der Waals surface area (Å²) in [6.45, 7) is 0. The summed E-state index contributed by atoms with van der Waals surface area (Å²) in [6, 6.07) is 1.60. The van der Waals surface area contributed by atoms with E-state index in [-0.39, 0.29) is 39.2 Å². The van der Waals surface area contributed by atoms with Crippen molar-refractivity contribution in [3.63, 3.8) is 0 Å². The third-order valence-electron chi connectivity index (χ3n) is 3.64. The molecule has 2 N–H and O–H groups in total. The maximum atomic E-state index is 12.5. The highest BCUT2D eigenvalue weighted by molar-refractivity contribution is 7.90. The van der Waals surface area contributed by atoms with Crippen LogP contribution in [-0.2, 0) is 10.0 Å². The number of aromatic nitrogens is 2. The second-order valence-electron chi connectivity index (χ2n) is 5.59. The molecule has 1 aliphatic carbocycles. The number of rotatable bonds is 7. The first-order valence-corrected chi connectivity index (χ1v) is 10.1. The number of sulfonamides is 1. The molecule has 2 aromatic heterocycles. The predicted octanol–water partition coefficient (Wildman–Crippen LogP) is 1.66. The molecule has 12 heteroatoms. The number of carbonyl (C=O) groups is 2. The average Bonchev–Trinajstić information content (AvgIpc) is 3.35. The Labute approximate surface area is 159 Å². The van der Waals surface area contributed by atoms with Gasteiger partial charge in [-0.3, -0.25) is 10.1 Å². The Morgan fingerprint density at radius 2 is 1.81 bits per heavy atom. The Kier molecular flexibility index (Phi) is 5.28. The minimum Gasteiger partial charge on any atom is -0.481 e. The first kappa shape index (κ1) is 19.0. The van der Waals surface area contributed by atoms with Gasteiger partial charge in [-0.1, -0.05) is 0 Å². The first-order chi connectivity index (χ1) is 12.8. The average molecular weight is 412 g/mol. The van der Waals surface area contributed by atoms with E-state index in [4.69, 9.17) is 9.47 Å². The van der Waals surface area contributed by atoms with E-state index in [1.165, 1.54) is 31.7 Å². The molecule has 3 rings (SSSR count). The van der Waals surface area contributed by atoms with Crippen LogP contribution in [0.3, 0.4) is 0 Å². The molecule has 2 amide bonds.